The molecule has 92 valence electrons. The summed E-state index contributed by atoms with van der Waals surface area (Å²) in [6.45, 7) is 0. The number of para-hydroxylation sites is 2. The first kappa shape index (κ1) is 11.4. The number of fused-ring (bicyclic) bond motifs is 1. The Morgan fingerprint density at radius 1 is 0.895 bits per heavy atom. The van der Waals surface area contributed by atoms with Crippen LogP contribution in [0.3, 0.4) is 0 Å². The minimum absolute atomic E-state index is 0.0995. The zero-order valence-corrected chi connectivity index (χ0v) is 10.2. The SMILES string of the molecule is N=C(c1ccc2ccccc2n1)c1ccccc1O. The lowest BCUT2D eigenvalue weighted by Crippen LogP contribution is -2.04. The summed E-state index contributed by atoms with van der Waals surface area (Å²) >= 11 is 0. The summed E-state index contributed by atoms with van der Waals surface area (Å²) in [6.07, 6.45) is 0. The lowest BCUT2D eigenvalue weighted by atomic mass is 10.0. The molecule has 0 bridgehead atoms. The van der Waals surface area contributed by atoms with Crippen molar-refractivity contribution in [2.75, 3.05) is 0 Å². The number of aromatic nitrogens is 1. The van der Waals surface area contributed by atoms with E-state index in [1.165, 1.54) is 0 Å². The second kappa shape index (κ2) is 4.53. The Kier molecular flexibility index (Phi) is 2.72. The van der Waals surface area contributed by atoms with Crippen LogP contribution >= 0.6 is 0 Å². The van der Waals surface area contributed by atoms with Crippen LogP contribution in [0.4, 0.5) is 0 Å². The molecule has 0 aliphatic rings. The average molecular weight is 248 g/mol. The van der Waals surface area contributed by atoms with Gasteiger partial charge < -0.3 is 5.11 Å². The summed E-state index contributed by atoms with van der Waals surface area (Å²) in [4.78, 5) is 4.46. The van der Waals surface area contributed by atoms with E-state index in [-0.39, 0.29) is 11.5 Å². The predicted octanol–water partition coefficient (Wildman–Crippen LogP) is 3.36. The van der Waals surface area contributed by atoms with Crippen LogP contribution in [0.15, 0.2) is 60.7 Å². The number of nitrogens with one attached hydrogen (secondary N) is 1. The maximum Gasteiger partial charge on any atom is 0.125 e. The van der Waals surface area contributed by atoms with Gasteiger partial charge in [0.2, 0.25) is 0 Å². The lowest BCUT2D eigenvalue weighted by Gasteiger charge is -2.06. The van der Waals surface area contributed by atoms with Gasteiger partial charge in [0.15, 0.2) is 0 Å². The molecule has 3 nitrogen and oxygen atoms in total. The molecule has 1 aromatic heterocycles. The first-order valence-corrected chi connectivity index (χ1v) is 5.99. The van der Waals surface area contributed by atoms with Crippen LogP contribution in [0.5, 0.6) is 5.75 Å². The van der Waals surface area contributed by atoms with Crippen molar-refractivity contribution in [2.24, 2.45) is 0 Å². The van der Waals surface area contributed by atoms with Crippen molar-refractivity contribution < 1.29 is 5.11 Å². The second-order valence-corrected chi connectivity index (χ2v) is 4.28. The van der Waals surface area contributed by atoms with Crippen LogP contribution in [-0.4, -0.2) is 15.8 Å². The number of hydrogen-bond acceptors (Lipinski definition) is 3. The lowest BCUT2D eigenvalue weighted by molar-refractivity contribution is 0.474. The van der Waals surface area contributed by atoms with E-state index in [0.29, 0.717) is 11.3 Å². The van der Waals surface area contributed by atoms with E-state index in [4.69, 9.17) is 5.41 Å². The molecule has 0 fully saturated rings. The van der Waals surface area contributed by atoms with Crippen molar-refractivity contribution in [2.45, 2.75) is 0 Å². The molecule has 0 atom stereocenters. The van der Waals surface area contributed by atoms with Crippen LogP contribution in [0.2, 0.25) is 0 Å². The number of hydrogen-bond donors (Lipinski definition) is 2. The van der Waals surface area contributed by atoms with Crippen LogP contribution in [0.1, 0.15) is 11.3 Å². The Bertz CT molecular complexity index is 765. The first-order valence-electron chi connectivity index (χ1n) is 5.99. The van der Waals surface area contributed by atoms with E-state index in [1.807, 2.05) is 30.3 Å². The fraction of sp³-hybridized carbons (Fsp3) is 0. The molecular formula is C16H12N2O. The third kappa shape index (κ3) is 2.06. The minimum atomic E-state index is 0.0995. The molecule has 3 heteroatoms. The number of phenols is 1. The monoisotopic (exact) mass is 248 g/mol. The van der Waals surface area contributed by atoms with Crippen molar-refractivity contribution in [3.05, 3.63) is 71.9 Å². The highest BCUT2D eigenvalue weighted by Crippen LogP contribution is 2.20. The van der Waals surface area contributed by atoms with E-state index in [1.54, 1.807) is 30.3 Å². The van der Waals surface area contributed by atoms with E-state index < -0.39 is 0 Å². The standard InChI is InChI=1S/C16H12N2O/c17-16(12-6-2-4-8-15(12)19)14-10-9-11-5-1-3-7-13(11)18-14/h1-10,17,19H. The summed E-state index contributed by atoms with van der Waals surface area (Å²) < 4.78 is 0. The fourth-order valence-corrected chi connectivity index (χ4v) is 2.03. The third-order valence-electron chi connectivity index (χ3n) is 3.03. The van der Waals surface area contributed by atoms with E-state index in [0.717, 1.165) is 10.9 Å². The summed E-state index contributed by atoms with van der Waals surface area (Å²) in [6, 6.07) is 18.3. The molecule has 2 N–H and O–H groups in total. The molecule has 0 aliphatic heterocycles. The number of rotatable bonds is 2. The molecule has 19 heavy (non-hydrogen) atoms. The molecular weight excluding hydrogens is 236 g/mol. The highest BCUT2D eigenvalue weighted by molar-refractivity contribution is 6.11. The smallest absolute Gasteiger partial charge is 0.125 e. The number of pyridine rings is 1. The Morgan fingerprint density at radius 3 is 2.47 bits per heavy atom. The summed E-state index contributed by atoms with van der Waals surface area (Å²) in [7, 11) is 0. The minimum Gasteiger partial charge on any atom is -0.507 e. The van der Waals surface area contributed by atoms with Gasteiger partial charge in [0.05, 0.1) is 16.9 Å². The van der Waals surface area contributed by atoms with Gasteiger partial charge in [-0.15, -0.1) is 0 Å². The molecule has 0 saturated carbocycles. The van der Waals surface area contributed by atoms with E-state index >= 15 is 0 Å². The Hall–Kier alpha value is -2.68. The highest BCUT2D eigenvalue weighted by atomic mass is 16.3. The van der Waals surface area contributed by atoms with Gasteiger partial charge in [-0.05, 0) is 24.3 Å². The molecule has 0 radical (unpaired) electrons. The van der Waals surface area contributed by atoms with Crippen LogP contribution in [0, 0.1) is 5.41 Å². The molecule has 0 unspecified atom stereocenters. The molecule has 2 aromatic carbocycles. The second-order valence-electron chi connectivity index (χ2n) is 4.28. The molecule has 0 aliphatic carbocycles. The fourth-order valence-electron chi connectivity index (χ4n) is 2.03. The summed E-state index contributed by atoms with van der Waals surface area (Å²) in [5, 5.41) is 19.0. The van der Waals surface area contributed by atoms with Crippen LogP contribution in [-0.2, 0) is 0 Å². The third-order valence-corrected chi connectivity index (χ3v) is 3.03. The zero-order chi connectivity index (χ0) is 13.2. The van der Waals surface area contributed by atoms with Gasteiger partial charge >= 0.3 is 0 Å². The van der Waals surface area contributed by atoms with Crippen LogP contribution in [0.25, 0.3) is 10.9 Å². The Morgan fingerprint density at radius 2 is 1.63 bits per heavy atom. The molecule has 1 heterocycles. The number of nitrogens with zero attached hydrogens (tertiary/aromatic N) is 1. The van der Waals surface area contributed by atoms with Crippen molar-refractivity contribution in [3.8, 4) is 5.75 Å². The topological polar surface area (TPSA) is 57.0 Å². The van der Waals surface area contributed by atoms with Gasteiger partial charge in [0, 0.05) is 10.9 Å². The molecule has 0 amide bonds. The normalized spacial score (nSPS) is 10.5. The van der Waals surface area contributed by atoms with Crippen molar-refractivity contribution >= 4 is 16.6 Å². The average Bonchev–Trinajstić information content (AvgIpc) is 2.46. The largest absolute Gasteiger partial charge is 0.507 e. The van der Waals surface area contributed by atoms with Gasteiger partial charge in [0.25, 0.3) is 0 Å². The first-order chi connectivity index (χ1) is 9.25. The maximum atomic E-state index is 9.79. The quantitative estimate of drug-likeness (QED) is 0.683. The molecule has 3 rings (SSSR count). The predicted molar refractivity (Wildman–Crippen MR) is 75.8 cm³/mol. The summed E-state index contributed by atoms with van der Waals surface area (Å²) in [5.41, 5.74) is 2.12. The van der Waals surface area contributed by atoms with Gasteiger partial charge in [-0.1, -0.05) is 36.4 Å². The van der Waals surface area contributed by atoms with Gasteiger partial charge in [-0.3, -0.25) is 5.41 Å². The van der Waals surface area contributed by atoms with Crippen molar-refractivity contribution in [3.63, 3.8) is 0 Å². The molecule has 0 spiro atoms. The molecule has 3 aromatic rings. The molecule has 0 saturated heterocycles. The zero-order valence-electron chi connectivity index (χ0n) is 10.2. The number of phenolic OH excluding ortho intramolecular Hbond substituents is 1. The van der Waals surface area contributed by atoms with Gasteiger partial charge in [-0.25, -0.2) is 4.98 Å². The highest BCUT2D eigenvalue weighted by Gasteiger charge is 2.10. The van der Waals surface area contributed by atoms with Gasteiger partial charge in [-0.2, -0.15) is 0 Å². The van der Waals surface area contributed by atoms with E-state index in [9.17, 15) is 5.11 Å². The summed E-state index contributed by atoms with van der Waals surface area (Å²) in [5.74, 6) is 0.0995. The Balaban J connectivity index is 2.09. The maximum absolute atomic E-state index is 9.79. The Labute approximate surface area is 110 Å². The van der Waals surface area contributed by atoms with Crippen molar-refractivity contribution in [1.82, 2.24) is 4.98 Å². The van der Waals surface area contributed by atoms with E-state index in [2.05, 4.69) is 4.98 Å². The number of aromatic hydroxyl groups is 1. The van der Waals surface area contributed by atoms with Crippen molar-refractivity contribution in [1.29, 1.82) is 5.41 Å². The van der Waals surface area contributed by atoms with Gasteiger partial charge in [0.1, 0.15) is 5.75 Å². The number of benzene rings is 2. The van der Waals surface area contributed by atoms with Crippen LogP contribution < -0.4 is 0 Å².